The van der Waals surface area contributed by atoms with Crippen molar-refractivity contribution in [1.82, 2.24) is 4.98 Å². The van der Waals surface area contributed by atoms with E-state index >= 15 is 0 Å². The van der Waals surface area contributed by atoms with Crippen LogP contribution >= 0.6 is 27.3 Å². The second kappa shape index (κ2) is 8.60. The van der Waals surface area contributed by atoms with E-state index in [1.807, 2.05) is 19.1 Å². The van der Waals surface area contributed by atoms with Crippen molar-refractivity contribution in [2.75, 3.05) is 5.32 Å². The summed E-state index contributed by atoms with van der Waals surface area (Å²) in [6, 6.07) is 12.0. The molecule has 2 aromatic carbocycles. The Hall–Kier alpha value is -1.99. The molecule has 4 nitrogen and oxygen atoms in total. The van der Waals surface area contributed by atoms with E-state index in [-0.39, 0.29) is 23.2 Å². The first-order chi connectivity index (χ1) is 12.6. The Morgan fingerprint density at radius 1 is 1.35 bits per heavy atom. The number of halogens is 2. The van der Waals surface area contributed by atoms with Crippen molar-refractivity contribution in [1.29, 1.82) is 0 Å². The van der Waals surface area contributed by atoms with Crippen LogP contribution in [0, 0.1) is 5.82 Å². The van der Waals surface area contributed by atoms with Crippen molar-refractivity contribution in [2.24, 2.45) is 0 Å². The molecule has 0 bridgehead atoms. The molecule has 0 aliphatic rings. The van der Waals surface area contributed by atoms with Gasteiger partial charge in [-0.05, 0) is 30.7 Å². The van der Waals surface area contributed by atoms with Gasteiger partial charge in [-0.2, -0.15) is 0 Å². The zero-order valence-electron chi connectivity index (χ0n) is 14.2. The summed E-state index contributed by atoms with van der Waals surface area (Å²) in [5.74, 6) is 0.251. The van der Waals surface area contributed by atoms with Gasteiger partial charge in [0.2, 0.25) is 5.91 Å². The number of fused-ring (bicyclic) bond motifs is 1. The van der Waals surface area contributed by atoms with Gasteiger partial charge in [0.05, 0.1) is 15.0 Å². The van der Waals surface area contributed by atoms with Crippen molar-refractivity contribution in [3.63, 3.8) is 0 Å². The molecule has 3 rings (SSSR count). The first-order valence-electron chi connectivity index (χ1n) is 8.28. The number of carbonyl (C=O) groups excluding carboxylic acids is 1. The van der Waals surface area contributed by atoms with Gasteiger partial charge in [-0.25, -0.2) is 9.37 Å². The van der Waals surface area contributed by atoms with Crippen LogP contribution < -0.4 is 10.1 Å². The summed E-state index contributed by atoms with van der Waals surface area (Å²) in [6.45, 7) is 2.19. The third kappa shape index (κ3) is 4.59. The maximum Gasteiger partial charge on any atom is 0.239 e. The molecule has 7 heteroatoms. The van der Waals surface area contributed by atoms with Gasteiger partial charge in [0.1, 0.15) is 18.2 Å². The smallest absolute Gasteiger partial charge is 0.239 e. The average molecular weight is 437 g/mol. The van der Waals surface area contributed by atoms with Crippen molar-refractivity contribution >= 4 is 48.5 Å². The number of carbonyl (C=O) groups is 1. The summed E-state index contributed by atoms with van der Waals surface area (Å²) in [7, 11) is 0. The van der Waals surface area contributed by atoms with Gasteiger partial charge in [-0.15, -0.1) is 0 Å². The highest BCUT2D eigenvalue weighted by atomic mass is 79.9. The maximum absolute atomic E-state index is 13.7. The lowest BCUT2D eigenvalue weighted by molar-refractivity contribution is -0.115. The molecule has 0 unspecified atom stereocenters. The Morgan fingerprint density at radius 2 is 2.15 bits per heavy atom. The Bertz CT molecular complexity index is 915. The highest BCUT2D eigenvalue weighted by Crippen LogP contribution is 2.30. The van der Waals surface area contributed by atoms with Gasteiger partial charge in [0, 0.05) is 5.56 Å². The highest BCUT2D eigenvalue weighted by molar-refractivity contribution is 9.10. The van der Waals surface area contributed by atoms with E-state index in [4.69, 9.17) is 4.74 Å². The predicted molar refractivity (Wildman–Crippen MR) is 107 cm³/mol. The number of hydrogen-bond donors (Lipinski definition) is 1. The van der Waals surface area contributed by atoms with E-state index in [9.17, 15) is 9.18 Å². The van der Waals surface area contributed by atoms with Gasteiger partial charge in [0.15, 0.2) is 5.13 Å². The fourth-order valence-electron chi connectivity index (χ4n) is 2.39. The van der Waals surface area contributed by atoms with E-state index in [0.717, 1.165) is 23.1 Å². The van der Waals surface area contributed by atoms with Crippen LogP contribution in [0.15, 0.2) is 42.5 Å². The van der Waals surface area contributed by atoms with Gasteiger partial charge < -0.3 is 10.1 Å². The zero-order valence-corrected chi connectivity index (χ0v) is 16.6. The molecule has 0 saturated heterocycles. The van der Waals surface area contributed by atoms with Crippen LogP contribution in [0.5, 0.6) is 5.75 Å². The van der Waals surface area contributed by atoms with Crippen LogP contribution in [0.3, 0.4) is 0 Å². The molecule has 1 aromatic heterocycles. The molecule has 1 amide bonds. The molecule has 26 heavy (non-hydrogen) atoms. The minimum atomic E-state index is -0.284. The van der Waals surface area contributed by atoms with E-state index in [2.05, 4.69) is 26.2 Å². The van der Waals surface area contributed by atoms with E-state index < -0.39 is 0 Å². The summed E-state index contributed by atoms with van der Waals surface area (Å²) in [4.78, 5) is 16.3. The summed E-state index contributed by atoms with van der Waals surface area (Å²) < 4.78 is 20.2. The largest absolute Gasteiger partial charge is 0.489 e. The van der Waals surface area contributed by atoms with Crippen molar-refractivity contribution in [3.05, 3.63) is 53.8 Å². The first-order valence-corrected chi connectivity index (χ1v) is 10.0. The zero-order chi connectivity index (χ0) is 18.5. The normalized spacial score (nSPS) is 12.1. The third-order valence-corrected chi connectivity index (χ3v) is 5.58. The number of nitrogens with one attached hydrogen (secondary N) is 1. The number of rotatable bonds is 7. The number of ether oxygens (including phenoxy) is 1. The molecule has 0 aliphatic heterocycles. The fourth-order valence-corrected chi connectivity index (χ4v) is 3.86. The van der Waals surface area contributed by atoms with E-state index in [1.165, 1.54) is 17.4 Å². The van der Waals surface area contributed by atoms with Gasteiger partial charge in [-0.3, -0.25) is 4.79 Å². The predicted octanol–water partition coefficient (Wildman–Crippen LogP) is 5.52. The number of aromatic nitrogens is 1. The standard InChI is InChI=1S/C19H18BrFN2O2S/c1-2-5-14(20)18(24)23-19-22-16-9-8-13(10-17(16)26-19)25-11-12-6-3-4-7-15(12)21/h3-4,6-10,14H,2,5,11H2,1H3,(H,22,23,24)/t14-/m0/s1. The molecule has 136 valence electrons. The van der Waals surface area contributed by atoms with E-state index in [0.29, 0.717) is 16.4 Å². The molecule has 0 spiro atoms. The number of amides is 1. The van der Waals surface area contributed by atoms with Gasteiger partial charge in [-0.1, -0.05) is 58.8 Å². The monoisotopic (exact) mass is 436 g/mol. The van der Waals surface area contributed by atoms with Crippen molar-refractivity contribution < 1.29 is 13.9 Å². The number of nitrogens with zero attached hydrogens (tertiary/aromatic N) is 1. The molecule has 1 N–H and O–H groups in total. The number of alkyl halides is 1. The number of hydrogen-bond acceptors (Lipinski definition) is 4. The third-order valence-electron chi connectivity index (χ3n) is 3.77. The molecule has 0 fully saturated rings. The van der Waals surface area contributed by atoms with Crippen LogP contribution in [-0.2, 0) is 11.4 Å². The summed E-state index contributed by atoms with van der Waals surface area (Å²) in [5, 5.41) is 3.38. The van der Waals surface area contributed by atoms with Gasteiger partial charge in [0.25, 0.3) is 0 Å². The lowest BCUT2D eigenvalue weighted by Crippen LogP contribution is -2.22. The molecule has 0 radical (unpaired) electrons. The number of benzene rings is 2. The van der Waals surface area contributed by atoms with Crippen LogP contribution in [0.1, 0.15) is 25.3 Å². The molecule has 1 heterocycles. The number of thiazole rings is 1. The Kier molecular flexibility index (Phi) is 6.21. The Labute approximate surface area is 163 Å². The van der Waals surface area contributed by atoms with Crippen molar-refractivity contribution in [3.8, 4) is 5.75 Å². The number of anilines is 1. The molecular formula is C19H18BrFN2O2S. The van der Waals surface area contributed by atoms with Crippen LogP contribution in [0.2, 0.25) is 0 Å². The van der Waals surface area contributed by atoms with Gasteiger partial charge >= 0.3 is 0 Å². The summed E-state index contributed by atoms with van der Waals surface area (Å²) >= 11 is 4.76. The maximum atomic E-state index is 13.7. The Morgan fingerprint density at radius 3 is 2.92 bits per heavy atom. The minimum absolute atomic E-state index is 0.0954. The summed E-state index contributed by atoms with van der Waals surface area (Å²) in [5.41, 5.74) is 1.29. The van der Waals surface area contributed by atoms with Crippen LogP contribution in [0.4, 0.5) is 9.52 Å². The lowest BCUT2D eigenvalue weighted by Gasteiger charge is -2.06. The van der Waals surface area contributed by atoms with Crippen molar-refractivity contribution in [2.45, 2.75) is 31.2 Å². The minimum Gasteiger partial charge on any atom is -0.489 e. The summed E-state index contributed by atoms with van der Waals surface area (Å²) in [6.07, 6.45) is 1.69. The van der Waals surface area contributed by atoms with Crippen LogP contribution in [-0.4, -0.2) is 15.7 Å². The second-order valence-electron chi connectivity index (χ2n) is 5.77. The molecular weight excluding hydrogens is 419 g/mol. The lowest BCUT2D eigenvalue weighted by atomic mass is 10.2. The fraction of sp³-hybridized carbons (Fsp3) is 0.263. The molecule has 0 aliphatic carbocycles. The average Bonchev–Trinajstić information content (AvgIpc) is 3.02. The highest BCUT2D eigenvalue weighted by Gasteiger charge is 2.16. The molecule has 3 aromatic rings. The quantitative estimate of drug-likeness (QED) is 0.496. The SMILES string of the molecule is CCC[C@H](Br)C(=O)Nc1nc2ccc(OCc3ccccc3F)cc2s1. The topological polar surface area (TPSA) is 51.2 Å². The Balaban J connectivity index is 1.69. The molecule has 1 atom stereocenters. The van der Waals surface area contributed by atoms with Crippen LogP contribution in [0.25, 0.3) is 10.2 Å². The molecule has 0 saturated carbocycles. The second-order valence-corrected chi connectivity index (χ2v) is 7.91. The van der Waals surface area contributed by atoms with E-state index in [1.54, 1.807) is 24.3 Å². The first kappa shape index (κ1) is 18.8.